The molecule has 0 aliphatic heterocycles. The quantitative estimate of drug-likeness (QED) is 0.785. The number of carbonyl (C=O) groups excluding carboxylic acids is 1. The third-order valence-corrected chi connectivity index (χ3v) is 5.74. The van der Waals surface area contributed by atoms with Crippen LogP contribution in [0, 0.1) is 16.7 Å². The largest absolute Gasteiger partial charge is 0.481 e. The number of carboxylic acid groups (broad SMARTS) is 1. The fraction of sp³-hybridized carbons (Fsp3) is 0.875. The number of nitrogens with one attached hydrogen (secondary N) is 1. The SMILES string of the molecule is O=C(CC1(C(=O)O)CCCCC1)NCC1(C2CC2)CC1. The lowest BCUT2D eigenvalue weighted by atomic mass is 9.71. The molecule has 4 nitrogen and oxygen atoms in total. The standard InChI is InChI=1S/C16H25NO3/c18-13(17-11-16(8-9-16)12-4-5-12)10-15(14(19)20)6-2-1-3-7-15/h12H,1-11H2,(H,17,18)(H,19,20). The molecule has 0 spiro atoms. The van der Waals surface area contributed by atoms with Crippen molar-refractivity contribution in [2.24, 2.45) is 16.7 Å². The van der Waals surface area contributed by atoms with E-state index in [4.69, 9.17) is 0 Å². The topological polar surface area (TPSA) is 66.4 Å². The van der Waals surface area contributed by atoms with Gasteiger partial charge in [-0.1, -0.05) is 19.3 Å². The molecule has 3 rings (SSSR count). The highest BCUT2D eigenvalue weighted by molar-refractivity contribution is 5.85. The highest BCUT2D eigenvalue weighted by Gasteiger charge is 2.53. The second kappa shape index (κ2) is 5.05. The molecule has 0 aromatic heterocycles. The Balaban J connectivity index is 1.52. The molecule has 0 aromatic carbocycles. The van der Waals surface area contributed by atoms with Crippen LogP contribution in [0.5, 0.6) is 0 Å². The van der Waals surface area contributed by atoms with Crippen LogP contribution in [0.15, 0.2) is 0 Å². The van der Waals surface area contributed by atoms with Crippen LogP contribution in [0.1, 0.15) is 64.2 Å². The molecule has 3 aliphatic rings. The first-order chi connectivity index (χ1) is 9.56. The van der Waals surface area contributed by atoms with Gasteiger partial charge < -0.3 is 10.4 Å². The van der Waals surface area contributed by atoms with Crippen LogP contribution in [-0.4, -0.2) is 23.5 Å². The summed E-state index contributed by atoms with van der Waals surface area (Å²) in [5, 5.41) is 12.5. The second-order valence-corrected chi connectivity index (χ2v) is 7.24. The van der Waals surface area contributed by atoms with Crippen LogP contribution in [0.25, 0.3) is 0 Å². The van der Waals surface area contributed by atoms with Gasteiger partial charge in [0.1, 0.15) is 0 Å². The van der Waals surface area contributed by atoms with Gasteiger partial charge in [0.05, 0.1) is 5.41 Å². The predicted octanol–water partition coefficient (Wildman–Crippen LogP) is 2.72. The summed E-state index contributed by atoms with van der Waals surface area (Å²) in [6, 6.07) is 0. The zero-order valence-electron chi connectivity index (χ0n) is 12.1. The van der Waals surface area contributed by atoms with Crippen LogP contribution >= 0.6 is 0 Å². The molecule has 3 fully saturated rings. The molecule has 0 heterocycles. The maximum Gasteiger partial charge on any atom is 0.310 e. The van der Waals surface area contributed by atoms with E-state index in [-0.39, 0.29) is 12.3 Å². The summed E-state index contributed by atoms with van der Waals surface area (Å²) in [5.74, 6) is -0.0113. The Morgan fingerprint density at radius 1 is 1.05 bits per heavy atom. The van der Waals surface area contributed by atoms with E-state index in [1.807, 2.05) is 0 Å². The third-order valence-electron chi connectivity index (χ3n) is 5.74. The average molecular weight is 279 g/mol. The molecule has 0 aromatic rings. The Bertz CT molecular complexity index is 404. The Kier molecular flexibility index (Phi) is 3.51. The first-order valence-corrected chi connectivity index (χ1v) is 8.07. The molecule has 0 saturated heterocycles. The lowest BCUT2D eigenvalue weighted by Crippen LogP contribution is -2.40. The summed E-state index contributed by atoms with van der Waals surface area (Å²) in [6.07, 6.45) is 9.56. The van der Waals surface area contributed by atoms with Crippen LogP contribution < -0.4 is 5.32 Å². The molecular formula is C16H25NO3. The van der Waals surface area contributed by atoms with E-state index in [2.05, 4.69) is 5.32 Å². The van der Waals surface area contributed by atoms with Crippen molar-refractivity contribution in [1.82, 2.24) is 5.32 Å². The van der Waals surface area contributed by atoms with E-state index in [9.17, 15) is 14.7 Å². The van der Waals surface area contributed by atoms with Crippen molar-refractivity contribution >= 4 is 11.9 Å². The molecular weight excluding hydrogens is 254 g/mol. The second-order valence-electron chi connectivity index (χ2n) is 7.24. The minimum Gasteiger partial charge on any atom is -0.481 e. The average Bonchev–Trinajstić information content (AvgIpc) is 3.28. The van der Waals surface area contributed by atoms with E-state index in [0.717, 1.165) is 31.7 Å². The van der Waals surface area contributed by atoms with Gasteiger partial charge in [-0.15, -0.1) is 0 Å². The van der Waals surface area contributed by atoms with Gasteiger partial charge in [0.25, 0.3) is 0 Å². The predicted molar refractivity (Wildman–Crippen MR) is 75.2 cm³/mol. The van der Waals surface area contributed by atoms with Crippen molar-refractivity contribution < 1.29 is 14.7 Å². The molecule has 0 unspecified atom stereocenters. The molecule has 0 bridgehead atoms. The monoisotopic (exact) mass is 279 g/mol. The molecule has 1 amide bonds. The first kappa shape index (κ1) is 13.9. The summed E-state index contributed by atoms with van der Waals surface area (Å²) in [5.41, 5.74) is -0.406. The van der Waals surface area contributed by atoms with Crippen molar-refractivity contribution in [2.75, 3.05) is 6.54 Å². The first-order valence-electron chi connectivity index (χ1n) is 8.07. The van der Waals surface area contributed by atoms with E-state index in [1.165, 1.54) is 25.7 Å². The summed E-state index contributed by atoms with van der Waals surface area (Å²) in [7, 11) is 0. The van der Waals surface area contributed by atoms with Gasteiger partial charge in [0.2, 0.25) is 5.91 Å². The zero-order chi connectivity index (χ0) is 14.2. The van der Waals surface area contributed by atoms with Gasteiger partial charge in [0.15, 0.2) is 0 Å². The number of aliphatic carboxylic acids is 1. The minimum absolute atomic E-state index is 0.0544. The van der Waals surface area contributed by atoms with Crippen molar-refractivity contribution in [3.63, 3.8) is 0 Å². The number of amides is 1. The van der Waals surface area contributed by atoms with Gasteiger partial charge in [-0.3, -0.25) is 9.59 Å². The lowest BCUT2D eigenvalue weighted by molar-refractivity contribution is -0.154. The van der Waals surface area contributed by atoms with Gasteiger partial charge in [-0.05, 0) is 49.9 Å². The van der Waals surface area contributed by atoms with Crippen LogP contribution in [-0.2, 0) is 9.59 Å². The molecule has 112 valence electrons. The van der Waals surface area contributed by atoms with Gasteiger partial charge in [-0.25, -0.2) is 0 Å². The summed E-state index contributed by atoms with van der Waals surface area (Å²) < 4.78 is 0. The Morgan fingerprint density at radius 3 is 2.20 bits per heavy atom. The number of rotatable bonds is 6. The number of carboxylic acids is 1. The van der Waals surface area contributed by atoms with E-state index >= 15 is 0 Å². The van der Waals surface area contributed by atoms with E-state index in [1.54, 1.807) is 0 Å². The smallest absolute Gasteiger partial charge is 0.310 e. The molecule has 20 heavy (non-hydrogen) atoms. The maximum absolute atomic E-state index is 12.2. The fourth-order valence-corrected chi connectivity index (χ4v) is 3.92. The number of hydrogen-bond acceptors (Lipinski definition) is 2. The summed E-state index contributed by atoms with van der Waals surface area (Å²) in [4.78, 5) is 23.7. The molecule has 2 N–H and O–H groups in total. The van der Waals surface area contributed by atoms with Crippen LogP contribution in [0.4, 0.5) is 0 Å². The third kappa shape index (κ3) is 2.70. The number of carbonyl (C=O) groups is 2. The van der Waals surface area contributed by atoms with Crippen molar-refractivity contribution in [3.05, 3.63) is 0 Å². The zero-order valence-corrected chi connectivity index (χ0v) is 12.1. The highest BCUT2D eigenvalue weighted by Crippen LogP contribution is 2.60. The molecule has 0 atom stereocenters. The Morgan fingerprint density at radius 2 is 1.70 bits per heavy atom. The Hall–Kier alpha value is -1.06. The lowest BCUT2D eigenvalue weighted by Gasteiger charge is -2.32. The highest BCUT2D eigenvalue weighted by atomic mass is 16.4. The van der Waals surface area contributed by atoms with Crippen molar-refractivity contribution in [3.8, 4) is 0 Å². The molecule has 3 aliphatic carbocycles. The van der Waals surface area contributed by atoms with Crippen molar-refractivity contribution in [1.29, 1.82) is 0 Å². The van der Waals surface area contributed by atoms with E-state index in [0.29, 0.717) is 18.3 Å². The maximum atomic E-state index is 12.2. The molecule has 3 saturated carbocycles. The van der Waals surface area contributed by atoms with Gasteiger partial charge in [-0.2, -0.15) is 0 Å². The Labute approximate surface area is 120 Å². The van der Waals surface area contributed by atoms with Crippen molar-refractivity contribution in [2.45, 2.75) is 64.2 Å². The molecule has 4 heteroatoms. The summed E-state index contributed by atoms with van der Waals surface area (Å²) >= 11 is 0. The van der Waals surface area contributed by atoms with Gasteiger partial charge >= 0.3 is 5.97 Å². The minimum atomic E-state index is -0.793. The van der Waals surface area contributed by atoms with E-state index < -0.39 is 11.4 Å². The normalized spacial score (nSPS) is 26.8. The van der Waals surface area contributed by atoms with Gasteiger partial charge in [0, 0.05) is 13.0 Å². The van der Waals surface area contributed by atoms with Crippen LogP contribution in [0.2, 0.25) is 0 Å². The number of hydrogen-bond donors (Lipinski definition) is 2. The van der Waals surface area contributed by atoms with Crippen LogP contribution in [0.3, 0.4) is 0 Å². The molecule has 0 radical (unpaired) electrons. The summed E-state index contributed by atoms with van der Waals surface area (Å²) in [6.45, 7) is 0.770. The fourth-order valence-electron chi connectivity index (χ4n) is 3.92.